The van der Waals surface area contributed by atoms with Gasteiger partial charge in [0.15, 0.2) is 6.10 Å². The minimum absolute atomic E-state index is 0.0317. The number of carbonyl (C=O) groups excluding carboxylic acids is 1. The number of para-hydroxylation sites is 2. The first-order valence-electron chi connectivity index (χ1n) is 9.05. The smallest absolute Gasteiger partial charge is 0.263 e. The van der Waals surface area contributed by atoms with Crippen LogP contribution in [0.2, 0.25) is 0 Å². The Balaban J connectivity index is 1.57. The SMILES string of the molecule is CS(=O)(=O)N1C[C@H](C(=O)N[C@@H]2CCCc3ccccc32)Oc2ccccc21. The van der Waals surface area contributed by atoms with E-state index in [-0.39, 0.29) is 18.5 Å². The first kappa shape index (κ1) is 17.9. The molecule has 0 bridgehead atoms. The first-order valence-corrected chi connectivity index (χ1v) is 10.9. The number of hydrogen-bond donors (Lipinski definition) is 1. The molecule has 1 aliphatic heterocycles. The van der Waals surface area contributed by atoms with Crippen molar-refractivity contribution >= 4 is 21.6 Å². The van der Waals surface area contributed by atoms with Gasteiger partial charge >= 0.3 is 0 Å². The number of carbonyl (C=O) groups is 1. The first-order chi connectivity index (χ1) is 12.9. The van der Waals surface area contributed by atoms with Crippen LogP contribution in [0, 0.1) is 0 Å². The van der Waals surface area contributed by atoms with Gasteiger partial charge in [0.25, 0.3) is 5.91 Å². The molecule has 0 unspecified atom stereocenters. The van der Waals surface area contributed by atoms with Crippen molar-refractivity contribution in [1.29, 1.82) is 0 Å². The molecule has 7 heteroatoms. The molecule has 0 aromatic heterocycles. The summed E-state index contributed by atoms with van der Waals surface area (Å²) >= 11 is 0. The number of rotatable bonds is 3. The van der Waals surface area contributed by atoms with E-state index in [1.54, 1.807) is 24.3 Å². The van der Waals surface area contributed by atoms with E-state index in [0.29, 0.717) is 11.4 Å². The molecule has 0 fully saturated rings. The molecule has 0 radical (unpaired) electrons. The lowest BCUT2D eigenvalue weighted by atomic mass is 9.87. The molecule has 6 nitrogen and oxygen atoms in total. The van der Waals surface area contributed by atoms with Gasteiger partial charge in [0.1, 0.15) is 5.75 Å². The number of benzene rings is 2. The molecule has 1 heterocycles. The highest BCUT2D eigenvalue weighted by Gasteiger charge is 2.36. The fourth-order valence-electron chi connectivity index (χ4n) is 3.82. The van der Waals surface area contributed by atoms with Gasteiger partial charge in [0.2, 0.25) is 10.0 Å². The maximum absolute atomic E-state index is 12.9. The van der Waals surface area contributed by atoms with Crippen molar-refractivity contribution in [2.75, 3.05) is 17.1 Å². The summed E-state index contributed by atoms with van der Waals surface area (Å²) in [5.74, 6) is 0.109. The normalized spacial score (nSPS) is 21.6. The number of fused-ring (bicyclic) bond motifs is 2. The van der Waals surface area contributed by atoms with Gasteiger partial charge in [-0.05, 0) is 42.5 Å². The summed E-state index contributed by atoms with van der Waals surface area (Å²) in [4.78, 5) is 12.9. The van der Waals surface area contributed by atoms with Crippen LogP contribution in [0.1, 0.15) is 30.0 Å². The largest absolute Gasteiger partial charge is 0.476 e. The lowest BCUT2D eigenvalue weighted by Gasteiger charge is -2.35. The van der Waals surface area contributed by atoms with Gasteiger partial charge in [-0.2, -0.15) is 0 Å². The fraction of sp³-hybridized carbons (Fsp3) is 0.350. The van der Waals surface area contributed by atoms with Crippen LogP contribution < -0.4 is 14.4 Å². The molecule has 2 aromatic carbocycles. The highest BCUT2D eigenvalue weighted by atomic mass is 32.2. The molecule has 0 spiro atoms. The van der Waals surface area contributed by atoms with E-state index < -0.39 is 16.1 Å². The average Bonchev–Trinajstić information content (AvgIpc) is 2.66. The summed E-state index contributed by atoms with van der Waals surface area (Å²) in [7, 11) is -3.51. The molecule has 0 saturated carbocycles. The number of nitrogens with zero attached hydrogens (tertiary/aromatic N) is 1. The molecule has 2 aliphatic rings. The van der Waals surface area contributed by atoms with Gasteiger partial charge in [-0.25, -0.2) is 8.42 Å². The van der Waals surface area contributed by atoms with E-state index in [0.717, 1.165) is 31.1 Å². The van der Waals surface area contributed by atoms with Crippen LogP contribution >= 0.6 is 0 Å². The van der Waals surface area contributed by atoms with Crippen molar-refractivity contribution in [1.82, 2.24) is 5.32 Å². The van der Waals surface area contributed by atoms with Crippen LogP contribution in [0.15, 0.2) is 48.5 Å². The summed E-state index contributed by atoms with van der Waals surface area (Å²) in [5, 5.41) is 3.06. The Kier molecular flexibility index (Phi) is 4.55. The zero-order valence-corrected chi connectivity index (χ0v) is 15.9. The summed E-state index contributed by atoms with van der Waals surface area (Å²) in [5.41, 5.74) is 2.85. The topological polar surface area (TPSA) is 75.7 Å². The van der Waals surface area contributed by atoms with Gasteiger partial charge in [-0.15, -0.1) is 0 Å². The summed E-state index contributed by atoms with van der Waals surface area (Å²) in [6.45, 7) is -0.0317. The van der Waals surface area contributed by atoms with Crippen molar-refractivity contribution in [2.24, 2.45) is 0 Å². The molecule has 142 valence electrons. The van der Waals surface area contributed by atoms with Crippen molar-refractivity contribution in [3.05, 3.63) is 59.7 Å². The van der Waals surface area contributed by atoms with Crippen LogP contribution in [0.4, 0.5) is 5.69 Å². The number of anilines is 1. The molecule has 1 amide bonds. The number of ether oxygens (including phenoxy) is 1. The van der Waals surface area contributed by atoms with Crippen molar-refractivity contribution in [3.63, 3.8) is 0 Å². The number of aryl methyl sites for hydroxylation is 1. The molecule has 2 atom stereocenters. The number of sulfonamides is 1. The predicted molar refractivity (Wildman–Crippen MR) is 103 cm³/mol. The van der Waals surface area contributed by atoms with E-state index in [9.17, 15) is 13.2 Å². The maximum atomic E-state index is 12.9. The zero-order valence-electron chi connectivity index (χ0n) is 15.1. The Labute approximate surface area is 159 Å². The van der Waals surface area contributed by atoms with E-state index in [1.807, 2.05) is 18.2 Å². The summed E-state index contributed by atoms with van der Waals surface area (Å²) in [6.07, 6.45) is 3.14. The van der Waals surface area contributed by atoms with Crippen molar-refractivity contribution < 1.29 is 17.9 Å². The zero-order chi connectivity index (χ0) is 19.0. The van der Waals surface area contributed by atoms with Gasteiger partial charge in [0, 0.05) is 0 Å². The molecule has 1 aliphatic carbocycles. The third-order valence-corrected chi connectivity index (χ3v) is 6.26. The van der Waals surface area contributed by atoms with Crippen LogP contribution in [-0.4, -0.2) is 33.2 Å². The molecular weight excluding hydrogens is 364 g/mol. The Morgan fingerprint density at radius 1 is 1.15 bits per heavy atom. The van der Waals surface area contributed by atoms with E-state index in [2.05, 4.69) is 11.4 Å². The van der Waals surface area contributed by atoms with Crippen LogP contribution in [0.25, 0.3) is 0 Å². The minimum atomic E-state index is -3.51. The number of amides is 1. The van der Waals surface area contributed by atoms with Gasteiger partial charge < -0.3 is 10.1 Å². The van der Waals surface area contributed by atoms with E-state index in [1.165, 1.54) is 9.87 Å². The molecule has 4 rings (SSSR count). The second-order valence-corrected chi connectivity index (χ2v) is 8.93. The molecule has 1 N–H and O–H groups in total. The quantitative estimate of drug-likeness (QED) is 0.879. The maximum Gasteiger partial charge on any atom is 0.263 e. The lowest BCUT2D eigenvalue weighted by Crippen LogP contribution is -2.51. The Bertz CT molecular complexity index is 973. The number of nitrogens with one attached hydrogen (secondary N) is 1. The Hall–Kier alpha value is -2.54. The molecule has 0 saturated heterocycles. The monoisotopic (exact) mass is 386 g/mol. The third-order valence-electron chi connectivity index (χ3n) is 5.11. The van der Waals surface area contributed by atoms with Crippen LogP contribution in [0.3, 0.4) is 0 Å². The standard InChI is InChI=1S/C20H22N2O4S/c1-27(24,25)22-13-19(26-18-12-5-4-11-17(18)22)20(23)21-16-10-6-8-14-7-2-3-9-15(14)16/h2-5,7,9,11-12,16,19H,6,8,10,13H2,1H3,(H,21,23)/t16-,19-/m1/s1. The van der Waals surface area contributed by atoms with Crippen LogP contribution in [0.5, 0.6) is 5.75 Å². The average molecular weight is 386 g/mol. The second-order valence-electron chi connectivity index (χ2n) is 7.02. The van der Waals surface area contributed by atoms with Crippen molar-refractivity contribution in [2.45, 2.75) is 31.4 Å². The third kappa shape index (κ3) is 3.51. The highest BCUT2D eigenvalue weighted by Crippen LogP contribution is 2.35. The Morgan fingerprint density at radius 2 is 1.89 bits per heavy atom. The van der Waals surface area contributed by atoms with Gasteiger partial charge in [-0.3, -0.25) is 9.10 Å². The minimum Gasteiger partial charge on any atom is -0.476 e. The van der Waals surface area contributed by atoms with E-state index >= 15 is 0 Å². The van der Waals surface area contributed by atoms with Gasteiger partial charge in [0.05, 0.1) is 24.5 Å². The summed E-state index contributed by atoms with van der Waals surface area (Å²) in [6, 6.07) is 14.9. The fourth-order valence-corrected chi connectivity index (χ4v) is 4.74. The molecular formula is C20H22N2O4S. The van der Waals surface area contributed by atoms with Crippen molar-refractivity contribution in [3.8, 4) is 5.75 Å². The highest BCUT2D eigenvalue weighted by molar-refractivity contribution is 7.92. The number of hydrogen-bond acceptors (Lipinski definition) is 4. The molecule has 2 aromatic rings. The summed E-state index contributed by atoms with van der Waals surface area (Å²) < 4.78 is 31.5. The predicted octanol–water partition coefficient (Wildman–Crippen LogP) is 2.41. The molecule has 27 heavy (non-hydrogen) atoms. The lowest BCUT2D eigenvalue weighted by molar-refractivity contribution is -0.128. The van der Waals surface area contributed by atoms with E-state index in [4.69, 9.17) is 4.74 Å². The van der Waals surface area contributed by atoms with Gasteiger partial charge in [-0.1, -0.05) is 36.4 Å². The van der Waals surface area contributed by atoms with Crippen LogP contribution in [-0.2, 0) is 21.2 Å². The second kappa shape index (κ2) is 6.88. The Morgan fingerprint density at radius 3 is 2.70 bits per heavy atom.